The quantitative estimate of drug-likeness (QED) is 0.0157. The van der Waals surface area contributed by atoms with Crippen molar-refractivity contribution in [3.63, 3.8) is 0 Å². The maximum Gasteiger partial charge on any atom is 0.490 e. The van der Waals surface area contributed by atoms with E-state index < -0.39 is 154 Å². The number of aryl methyl sites for hydroxylation is 1. The van der Waals surface area contributed by atoms with Crippen molar-refractivity contribution in [1.29, 1.82) is 0 Å². The number of phosphoric acid groups is 4. The third-order valence-corrected chi connectivity index (χ3v) is 17.4. The van der Waals surface area contributed by atoms with Gasteiger partial charge in [-0.25, -0.2) is 42.6 Å². The van der Waals surface area contributed by atoms with Crippen molar-refractivity contribution in [2.75, 3.05) is 58.7 Å². The monoisotopic (exact) mass is 1210 g/mol. The molecule has 3 aliphatic rings. The van der Waals surface area contributed by atoms with Gasteiger partial charge in [0.25, 0.3) is 17.1 Å². The van der Waals surface area contributed by atoms with Crippen molar-refractivity contribution in [3.8, 4) is 0 Å². The van der Waals surface area contributed by atoms with Crippen molar-refractivity contribution in [2.45, 2.75) is 73.9 Å². The minimum absolute atomic E-state index is 0.00516. The van der Waals surface area contributed by atoms with Crippen LogP contribution in [0.25, 0.3) is 22.3 Å². The second-order valence-electron chi connectivity index (χ2n) is 17.4. The first-order chi connectivity index (χ1) is 37.1. The number of aromatic nitrogens is 10. The molecule has 16 atom stereocenters. The van der Waals surface area contributed by atoms with Crippen LogP contribution in [0.15, 0.2) is 45.6 Å². The molecule has 3 fully saturated rings. The van der Waals surface area contributed by atoms with Crippen LogP contribution in [0.5, 0.6) is 0 Å². The summed E-state index contributed by atoms with van der Waals surface area (Å²) in [5, 5.41) is 35.4. The molecule has 0 aromatic carbocycles. The fourth-order valence-electron chi connectivity index (χ4n) is 8.71. The molecular weight excluding hydrogens is 1150 g/mol. The van der Waals surface area contributed by atoms with E-state index in [4.69, 9.17) is 53.2 Å². The van der Waals surface area contributed by atoms with E-state index in [0.29, 0.717) is 0 Å². The fraction of sp³-hybridized carbons (Fsp3) is 0.583. The van der Waals surface area contributed by atoms with E-state index in [1.54, 1.807) is 0 Å². The first-order valence-corrected chi connectivity index (χ1v) is 28.8. The van der Waals surface area contributed by atoms with Crippen LogP contribution in [-0.4, -0.2) is 180 Å². The van der Waals surface area contributed by atoms with Crippen molar-refractivity contribution in [3.05, 3.63) is 62.4 Å². The predicted octanol–water partition coefficient (Wildman–Crippen LogP) is -4.47. The molecule has 3 aliphatic heterocycles. The zero-order chi connectivity index (χ0) is 57.5. The number of imidazole rings is 2. The van der Waals surface area contributed by atoms with E-state index in [0.717, 1.165) is 36.6 Å². The molecule has 0 saturated carbocycles. The summed E-state index contributed by atoms with van der Waals surface area (Å²) in [6.45, 7) is -3.26. The normalized spacial score (nSPS) is 29.3. The van der Waals surface area contributed by atoms with Crippen LogP contribution >= 0.6 is 31.3 Å². The summed E-state index contributed by atoms with van der Waals surface area (Å²) in [5.41, 5.74) is 9.11. The Hall–Kier alpha value is -5.15. The molecule has 5 aromatic heterocycles. The number of nitrogens with two attached hydrogens (primary N) is 2. The number of carbonyl (C=O) groups is 1. The van der Waals surface area contributed by atoms with E-state index in [1.807, 2.05) is 4.98 Å². The van der Waals surface area contributed by atoms with Gasteiger partial charge in [0.05, 0.1) is 45.9 Å². The lowest BCUT2D eigenvalue weighted by Crippen LogP contribution is -2.45. The lowest BCUT2D eigenvalue weighted by Gasteiger charge is -2.26. The topological polar surface area (TPSA) is 546 Å². The molecule has 1 amide bonds. The van der Waals surface area contributed by atoms with Crippen molar-refractivity contribution >= 4 is 71.3 Å². The molecule has 8 rings (SSSR count). The number of anilines is 2. The van der Waals surface area contributed by atoms with Crippen LogP contribution < -0.4 is 38.2 Å². The molecule has 436 valence electrons. The van der Waals surface area contributed by atoms with Gasteiger partial charge in [0.2, 0.25) is 17.7 Å². The number of nitrogens with zero attached hydrogens (tertiary/aromatic N) is 8. The average molecular weight is 1210 g/mol. The Balaban J connectivity index is 0.950. The molecule has 3 saturated heterocycles. The highest BCUT2D eigenvalue weighted by atomic mass is 31.3. The summed E-state index contributed by atoms with van der Waals surface area (Å²) in [4.78, 5) is 113. The Kier molecular flexibility index (Phi) is 18.0. The first-order valence-electron chi connectivity index (χ1n) is 22.8. The maximum absolute atomic E-state index is 13.6. The number of carbonyl (C=O) groups excluding carboxylic acids is 1. The highest BCUT2D eigenvalue weighted by Gasteiger charge is 2.54. The average Bonchev–Trinajstić information content (AvgIpc) is 4.16. The minimum atomic E-state index is -6.25. The number of ether oxygens (including phenoxy) is 5. The maximum atomic E-state index is 13.6. The number of methoxy groups -OCH3 is 2. The van der Waals surface area contributed by atoms with Crippen LogP contribution in [0.4, 0.5) is 11.8 Å². The van der Waals surface area contributed by atoms with E-state index in [1.165, 1.54) is 34.2 Å². The third-order valence-electron chi connectivity index (χ3n) is 12.2. The van der Waals surface area contributed by atoms with Gasteiger partial charge in [0, 0.05) is 45.4 Å². The Labute approximate surface area is 440 Å². The summed E-state index contributed by atoms with van der Waals surface area (Å²) in [7, 11) is -19.7. The largest absolute Gasteiger partial charge is 0.490 e. The number of aliphatic hydroxyl groups excluding tert-OH is 3. The second kappa shape index (κ2) is 23.7. The van der Waals surface area contributed by atoms with Gasteiger partial charge in [-0.2, -0.15) is 8.62 Å². The Morgan fingerprint density at radius 1 is 0.810 bits per heavy atom. The van der Waals surface area contributed by atoms with Crippen LogP contribution in [0, 0.1) is 5.92 Å². The standard InChI is InChI=1S/C36H51N13O26P4/c1-46-14-49(30-22(46)31(55)45-35(38)44-30)32-23(52)15(8-20(51)39-5-7-65-2)16(70-32)9-68-77(59,60)74-79(63,64)75-78(61,62)69-11-18-26(27(66-3)34(72-18)48-13-42-21-28(37)40-12-41-29(21)48)73-76(57,58)67-10-17-24(53)25(54)33(71-17)47-6-4-19(50)43-36(47)56/h4,6,12-18,23-27,32-34,52-54H,5,7-11H2,1-3H3,(H10-,37,38,39,40,41,43,44,45,50,51,55,56,57,58,59,60,61,62,63,64)/p+1/t15-,16-,17-,18-,23-,24-,25-,26-,27-,32?,33-,34-/m1/s1. The van der Waals surface area contributed by atoms with Gasteiger partial charge in [-0.15, -0.1) is 0 Å². The Bertz CT molecular complexity index is 3430. The highest BCUT2D eigenvalue weighted by Crippen LogP contribution is 2.68. The lowest BCUT2D eigenvalue weighted by atomic mass is 9.94. The Morgan fingerprint density at radius 2 is 1.47 bits per heavy atom. The third kappa shape index (κ3) is 13.5. The zero-order valence-corrected chi connectivity index (χ0v) is 44.5. The molecule has 79 heavy (non-hydrogen) atoms. The number of fused-ring (bicyclic) bond motifs is 2. The van der Waals surface area contributed by atoms with E-state index in [2.05, 4.69) is 38.9 Å². The van der Waals surface area contributed by atoms with Gasteiger partial charge in [0.15, 0.2) is 30.2 Å². The number of nitrogen functional groups attached to an aromatic ring is 2. The summed E-state index contributed by atoms with van der Waals surface area (Å²) in [5.74, 6) is -2.36. The fourth-order valence-corrected chi connectivity index (χ4v) is 13.2. The van der Waals surface area contributed by atoms with Crippen LogP contribution in [0.3, 0.4) is 0 Å². The van der Waals surface area contributed by atoms with Gasteiger partial charge in [-0.3, -0.25) is 56.1 Å². The number of nitrogens with one attached hydrogen (secondary N) is 3. The number of hydrogen-bond acceptors (Lipinski definition) is 28. The molecule has 0 radical (unpaired) electrons. The molecule has 0 aliphatic carbocycles. The SMILES string of the molecule is COCCNC(=O)C[C@@H]1[C@@H](COP(=O)(O)OP(=O)(O)OP(=O)(O)OC[C@H]2O[C@@H](n3cnc4c(N)ncnc43)[C@H](OC)[C@@H]2OP(=O)(O)OC[C@H]2O[C@@H](n3ccc(=O)[nH]c3=O)[C@H](O)[C@@H]2O)OC([n+]2cn(C)c3c(=O)[nH]c(N)nc32)[C@@H]1O. The molecule has 5 unspecified atom stereocenters. The minimum Gasteiger partial charge on any atom is -0.387 e. The summed E-state index contributed by atoms with van der Waals surface area (Å²) < 4.78 is 115. The molecule has 8 heterocycles. The van der Waals surface area contributed by atoms with Gasteiger partial charge >= 0.3 is 42.6 Å². The number of rotatable bonds is 24. The van der Waals surface area contributed by atoms with Gasteiger partial charge in [-0.05, 0) is 0 Å². The number of H-pyrrole nitrogens is 2. The summed E-state index contributed by atoms with van der Waals surface area (Å²) in [6.07, 6.45) is -14.5. The highest BCUT2D eigenvalue weighted by molar-refractivity contribution is 7.66. The van der Waals surface area contributed by atoms with Gasteiger partial charge in [-0.1, -0.05) is 4.98 Å². The molecule has 39 nitrogen and oxygen atoms in total. The number of amides is 1. The molecule has 0 spiro atoms. The van der Waals surface area contributed by atoms with Gasteiger partial charge in [0.1, 0.15) is 54.6 Å². The van der Waals surface area contributed by atoms with E-state index >= 15 is 0 Å². The van der Waals surface area contributed by atoms with Gasteiger partial charge < -0.3 is 75.4 Å². The van der Waals surface area contributed by atoms with E-state index in [9.17, 15) is 72.3 Å². The van der Waals surface area contributed by atoms with Crippen LogP contribution in [-0.2, 0) is 80.5 Å². The number of phosphoric ester groups is 3. The smallest absolute Gasteiger partial charge is 0.387 e. The summed E-state index contributed by atoms with van der Waals surface area (Å²) in [6, 6.07) is 0.920. The van der Waals surface area contributed by atoms with Crippen LogP contribution in [0.2, 0.25) is 0 Å². The molecule has 14 N–H and O–H groups in total. The number of aliphatic hydroxyl groups is 3. The van der Waals surface area contributed by atoms with E-state index in [-0.39, 0.29) is 47.2 Å². The number of aromatic amines is 2. The lowest BCUT2D eigenvalue weighted by molar-refractivity contribution is -0.745. The second-order valence-corrected chi connectivity index (χ2v) is 23.5. The Morgan fingerprint density at radius 3 is 2.14 bits per heavy atom. The number of hydrogen-bond donors (Lipinski definition) is 12. The van der Waals surface area contributed by atoms with Crippen molar-refractivity contribution in [2.24, 2.45) is 13.0 Å². The van der Waals surface area contributed by atoms with Crippen molar-refractivity contribution < 1.29 is 113 Å². The zero-order valence-electron chi connectivity index (χ0n) is 41.0. The summed E-state index contributed by atoms with van der Waals surface area (Å²) >= 11 is 0. The van der Waals surface area contributed by atoms with Crippen LogP contribution in [0.1, 0.15) is 25.1 Å². The molecule has 5 aromatic rings. The predicted molar refractivity (Wildman–Crippen MR) is 255 cm³/mol. The van der Waals surface area contributed by atoms with Crippen molar-refractivity contribution in [1.82, 2.24) is 48.9 Å². The first kappa shape index (κ1) is 60.0. The molecule has 43 heteroatoms. The molecular formula is C36H52N13O26P4+. The molecule has 0 bridgehead atoms.